The molecule has 0 aliphatic rings. The van der Waals surface area contributed by atoms with Crippen LogP contribution in [0.25, 0.3) is 0 Å². The molecular weight excluding hydrogens is 221 g/mol. The van der Waals surface area contributed by atoms with E-state index in [1.807, 2.05) is 6.07 Å². The van der Waals surface area contributed by atoms with Crippen molar-refractivity contribution < 1.29 is 13.9 Å². The normalized spacial score (nSPS) is 10.2. The van der Waals surface area contributed by atoms with Gasteiger partial charge in [0.1, 0.15) is 5.82 Å². The van der Waals surface area contributed by atoms with Crippen LogP contribution in [0.4, 0.5) is 4.39 Å². The van der Waals surface area contributed by atoms with E-state index in [2.05, 4.69) is 5.32 Å². The minimum absolute atomic E-state index is 0.167. The van der Waals surface area contributed by atoms with Gasteiger partial charge in [-0.3, -0.25) is 4.79 Å². The van der Waals surface area contributed by atoms with E-state index in [-0.39, 0.29) is 11.8 Å². The second kappa shape index (κ2) is 7.79. The molecule has 0 radical (unpaired) electrons. The molecule has 17 heavy (non-hydrogen) atoms. The van der Waals surface area contributed by atoms with Crippen molar-refractivity contribution in [3.63, 3.8) is 0 Å². The van der Waals surface area contributed by atoms with E-state index in [1.165, 1.54) is 12.1 Å². The lowest BCUT2D eigenvalue weighted by Gasteiger charge is -2.05. The summed E-state index contributed by atoms with van der Waals surface area (Å²) in [5.41, 5.74) is 0.904. The monoisotopic (exact) mass is 239 g/mol. The number of hydrogen-bond acceptors (Lipinski definition) is 3. The third-order valence-corrected chi connectivity index (χ3v) is 2.26. The van der Waals surface area contributed by atoms with Crippen LogP contribution in [0.5, 0.6) is 0 Å². The minimum Gasteiger partial charge on any atom is -0.466 e. The summed E-state index contributed by atoms with van der Waals surface area (Å²) < 4.78 is 17.7. The third-order valence-electron chi connectivity index (χ3n) is 2.26. The number of hydrogen-bond donors (Lipinski definition) is 1. The molecule has 1 aromatic carbocycles. The molecule has 0 fully saturated rings. The van der Waals surface area contributed by atoms with E-state index in [0.29, 0.717) is 19.6 Å². The predicted molar refractivity (Wildman–Crippen MR) is 64.0 cm³/mol. The summed E-state index contributed by atoms with van der Waals surface area (Å²) in [6, 6.07) is 6.47. The highest BCUT2D eigenvalue weighted by Crippen LogP contribution is 2.02. The van der Waals surface area contributed by atoms with Gasteiger partial charge in [0.15, 0.2) is 0 Å². The summed E-state index contributed by atoms with van der Waals surface area (Å²) in [5.74, 6) is -0.393. The maximum absolute atomic E-state index is 12.8. The molecule has 0 spiro atoms. The van der Waals surface area contributed by atoms with E-state index in [0.717, 1.165) is 18.5 Å². The van der Waals surface area contributed by atoms with Crippen LogP contribution >= 0.6 is 0 Å². The molecule has 0 aromatic heterocycles. The number of esters is 1. The molecule has 0 saturated heterocycles. The summed E-state index contributed by atoms with van der Waals surface area (Å²) in [7, 11) is 0. The van der Waals surface area contributed by atoms with Crippen LogP contribution in [0.3, 0.4) is 0 Å². The Labute approximate surface area is 101 Å². The Balaban J connectivity index is 2.10. The van der Waals surface area contributed by atoms with E-state index in [4.69, 9.17) is 4.74 Å². The van der Waals surface area contributed by atoms with Crippen molar-refractivity contribution in [3.05, 3.63) is 35.6 Å². The maximum atomic E-state index is 12.8. The smallest absolute Gasteiger partial charge is 0.305 e. The fourth-order valence-electron chi connectivity index (χ4n) is 1.47. The Morgan fingerprint density at radius 2 is 2.29 bits per heavy atom. The molecule has 0 heterocycles. The molecule has 0 aliphatic carbocycles. The summed E-state index contributed by atoms with van der Waals surface area (Å²) in [4.78, 5) is 11.0. The second-order valence-corrected chi connectivity index (χ2v) is 3.72. The van der Waals surface area contributed by atoms with Crippen molar-refractivity contribution in [1.29, 1.82) is 0 Å². The average molecular weight is 239 g/mol. The van der Waals surface area contributed by atoms with Gasteiger partial charge in [-0.2, -0.15) is 0 Å². The third kappa shape index (κ3) is 6.02. The van der Waals surface area contributed by atoms with Gasteiger partial charge in [-0.1, -0.05) is 12.1 Å². The highest BCUT2D eigenvalue weighted by molar-refractivity contribution is 5.69. The van der Waals surface area contributed by atoms with Crippen LogP contribution < -0.4 is 5.32 Å². The lowest BCUT2D eigenvalue weighted by atomic mass is 10.2. The van der Waals surface area contributed by atoms with Crippen molar-refractivity contribution in [2.75, 3.05) is 13.2 Å². The molecule has 1 aromatic rings. The Kier molecular flexibility index (Phi) is 6.25. The van der Waals surface area contributed by atoms with Crippen molar-refractivity contribution in [2.45, 2.75) is 26.3 Å². The fraction of sp³-hybridized carbons (Fsp3) is 0.462. The van der Waals surface area contributed by atoms with Crippen LogP contribution in [0.1, 0.15) is 25.3 Å². The van der Waals surface area contributed by atoms with E-state index in [9.17, 15) is 9.18 Å². The zero-order chi connectivity index (χ0) is 12.5. The van der Waals surface area contributed by atoms with Crippen LogP contribution in [-0.2, 0) is 16.1 Å². The quantitative estimate of drug-likeness (QED) is 0.586. The van der Waals surface area contributed by atoms with Gasteiger partial charge in [0.2, 0.25) is 0 Å². The van der Waals surface area contributed by atoms with Gasteiger partial charge < -0.3 is 10.1 Å². The Morgan fingerprint density at radius 3 is 3.00 bits per heavy atom. The number of halogens is 1. The van der Waals surface area contributed by atoms with Crippen LogP contribution in [0.2, 0.25) is 0 Å². The number of rotatable bonds is 7. The van der Waals surface area contributed by atoms with E-state index in [1.54, 1.807) is 13.0 Å². The first-order chi connectivity index (χ1) is 8.22. The minimum atomic E-state index is -0.226. The van der Waals surface area contributed by atoms with Crippen LogP contribution in [-0.4, -0.2) is 19.1 Å². The van der Waals surface area contributed by atoms with E-state index < -0.39 is 0 Å². The zero-order valence-electron chi connectivity index (χ0n) is 10.0. The van der Waals surface area contributed by atoms with Crippen LogP contribution in [0.15, 0.2) is 24.3 Å². The first-order valence-electron chi connectivity index (χ1n) is 5.83. The second-order valence-electron chi connectivity index (χ2n) is 3.72. The van der Waals surface area contributed by atoms with Gasteiger partial charge in [-0.15, -0.1) is 0 Å². The lowest BCUT2D eigenvalue weighted by Crippen LogP contribution is -2.16. The standard InChI is InChI=1S/C13H18FNO2/c1-2-17-13(16)7-4-8-15-10-11-5-3-6-12(14)9-11/h3,5-6,9,15H,2,4,7-8,10H2,1H3. The van der Waals surface area contributed by atoms with Gasteiger partial charge in [-0.05, 0) is 37.6 Å². The zero-order valence-corrected chi connectivity index (χ0v) is 10.0. The maximum Gasteiger partial charge on any atom is 0.305 e. The molecule has 0 aliphatic heterocycles. The summed E-state index contributed by atoms with van der Waals surface area (Å²) in [5, 5.41) is 3.15. The molecule has 0 saturated carbocycles. The molecule has 1 N–H and O–H groups in total. The number of benzene rings is 1. The molecular formula is C13H18FNO2. The molecule has 3 nitrogen and oxygen atoms in total. The van der Waals surface area contributed by atoms with Gasteiger partial charge in [0, 0.05) is 13.0 Å². The predicted octanol–water partition coefficient (Wildman–Crippen LogP) is 2.26. The van der Waals surface area contributed by atoms with Gasteiger partial charge in [0.05, 0.1) is 6.61 Å². The number of nitrogens with one attached hydrogen (secondary N) is 1. The first-order valence-corrected chi connectivity index (χ1v) is 5.83. The van der Waals surface area contributed by atoms with Gasteiger partial charge in [0.25, 0.3) is 0 Å². The number of ether oxygens (including phenoxy) is 1. The highest BCUT2D eigenvalue weighted by Gasteiger charge is 2.00. The summed E-state index contributed by atoms with van der Waals surface area (Å²) in [6.45, 7) is 3.55. The topological polar surface area (TPSA) is 38.3 Å². The van der Waals surface area contributed by atoms with Crippen molar-refractivity contribution in [1.82, 2.24) is 5.32 Å². The van der Waals surface area contributed by atoms with Crippen molar-refractivity contribution in [2.24, 2.45) is 0 Å². The molecule has 4 heteroatoms. The average Bonchev–Trinajstić information content (AvgIpc) is 2.29. The Hall–Kier alpha value is -1.42. The van der Waals surface area contributed by atoms with Gasteiger partial charge in [-0.25, -0.2) is 4.39 Å². The first kappa shape index (κ1) is 13.6. The summed E-state index contributed by atoms with van der Waals surface area (Å²) >= 11 is 0. The largest absolute Gasteiger partial charge is 0.466 e. The fourth-order valence-corrected chi connectivity index (χ4v) is 1.47. The van der Waals surface area contributed by atoms with Crippen LogP contribution in [0, 0.1) is 5.82 Å². The molecule has 0 bridgehead atoms. The van der Waals surface area contributed by atoms with E-state index >= 15 is 0 Å². The Morgan fingerprint density at radius 1 is 1.47 bits per heavy atom. The van der Waals surface area contributed by atoms with Crippen molar-refractivity contribution >= 4 is 5.97 Å². The highest BCUT2D eigenvalue weighted by atomic mass is 19.1. The SMILES string of the molecule is CCOC(=O)CCCNCc1cccc(F)c1. The molecule has 94 valence electrons. The Bertz CT molecular complexity index is 355. The molecule has 0 amide bonds. The number of carbonyl (C=O) groups excluding carboxylic acids is 1. The molecule has 0 unspecified atom stereocenters. The number of carbonyl (C=O) groups is 1. The lowest BCUT2D eigenvalue weighted by molar-refractivity contribution is -0.143. The molecule has 1 rings (SSSR count). The van der Waals surface area contributed by atoms with Crippen molar-refractivity contribution in [3.8, 4) is 0 Å². The van der Waals surface area contributed by atoms with Gasteiger partial charge >= 0.3 is 5.97 Å². The molecule has 0 atom stereocenters. The summed E-state index contributed by atoms with van der Waals surface area (Å²) in [6.07, 6.45) is 1.15.